The van der Waals surface area contributed by atoms with Crippen molar-refractivity contribution in [1.82, 2.24) is 30.9 Å². The number of benzene rings is 2. The third-order valence-electron chi connectivity index (χ3n) is 9.75. The Hall–Kier alpha value is -2.94. The molecule has 0 amide bonds. The SMILES string of the molecule is CC(C)(C)P(CCNCc1ccccn1)C(C)(C)C.CC(C)P(CCNCc1ccccn1)C(C)C.c1ccc(P(CCNCc2ccccn2)c2ccccc2)cc1. The van der Waals surface area contributed by atoms with Crippen LogP contribution in [-0.4, -0.2) is 74.7 Å². The molecule has 0 aliphatic heterocycles. The van der Waals surface area contributed by atoms with Crippen molar-refractivity contribution in [3.05, 3.63) is 151 Å². The van der Waals surface area contributed by atoms with Crippen LogP contribution in [0, 0.1) is 0 Å². The molecule has 0 bridgehead atoms. The fourth-order valence-electron chi connectivity index (χ4n) is 7.16. The van der Waals surface area contributed by atoms with Crippen LogP contribution in [-0.2, 0) is 19.6 Å². The standard InChI is InChI=1S/C20H21N2P.C16H29N2P.C14H25N2P/c1-3-10-19(11-4-1)23(20-12-5-2-6-13-20)16-15-21-17-18-9-7-8-14-22-18;1-15(2,3)19(16(4,5)6)12-11-17-13-14-9-7-8-10-18-14;1-12(2)17(13(3)4)10-9-15-11-14-7-5-6-8-16-14/h1-14,21H,15-17H2;7-10,17H,11-13H2,1-6H3;5-8,12-13,15H,9-11H2,1-4H3. The largest absolute Gasteiger partial charge is 0.311 e. The molecule has 3 heterocycles. The summed E-state index contributed by atoms with van der Waals surface area (Å²) in [6.45, 7) is 29.4. The van der Waals surface area contributed by atoms with Gasteiger partial charge in [0.1, 0.15) is 0 Å². The summed E-state index contributed by atoms with van der Waals surface area (Å²) in [6, 6.07) is 39.9. The number of nitrogens with one attached hydrogen (secondary N) is 3. The molecule has 2 aromatic carbocycles. The lowest BCUT2D eigenvalue weighted by Crippen LogP contribution is -2.30. The Morgan fingerprint density at radius 3 is 1.10 bits per heavy atom. The fraction of sp³-hybridized carbons (Fsp3) is 0.460. The van der Waals surface area contributed by atoms with Gasteiger partial charge in [-0.25, -0.2) is 0 Å². The number of rotatable bonds is 19. The van der Waals surface area contributed by atoms with E-state index in [9.17, 15) is 0 Å². The molecule has 0 spiro atoms. The lowest BCUT2D eigenvalue weighted by molar-refractivity contribution is 0.676. The Bertz CT molecular complexity index is 1690. The van der Waals surface area contributed by atoms with Crippen LogP contribution in [0.5, 0.6) is 0 Å². The molecule has 0 aliphatic rings. The number of nitrogens with zero attached hydrogens (tertiary/aromatic N) is 3. The highest BCUT2D eigenvalue weighted by Crippen LogP contribution is 2.58. The smallest absolute Gasteiger partial charge is 0.0541 e. The molecule has 0 saturated heterocycles. The summed E-state index contributed by atoms with van der Waals surface area (Å²) < 4.78 is 0. The van der Waals surface area contributed by atoms with Gasteiger partial charge in [0.05, 0.1) is 17.1 Å². The molecule has 320 valence electrons. The third-order valence-corrected chi connectivity index (χ3v) is 19.6. The Morgan fingerprint density at radius 2 is 0.780 bits per heavy atom. The summed E-state index contributed by atoms with van der Waals surface area (Å²) >= 11 is 0. The van der Waals surface area contributed by atoms with Crippen LogP contribution >= 0.6 is 23.8 Å². The first-order valence-electron chi connectivity index (χ1n) is 21.5. The van der Waals surface area contributed by atoms with Gasteiger partial charge in [0.25, 0.3) is 0 Å². The van der Waals surface area contributed by atoms with Crippen LogP contribution in [0.1, 0.15) is 86.3 Å². The number of hydrogen-bond acceptors (Lipinski definition) is 6. The zero-order chi connectivity index (χ0) is 42.9. The first-order chi connectivity index (χ1) is 28.3. The van der Waals surface area contributed by atoms with Gasteiger partial charge in [-0.3, -0.25) is 15.0 Å². The van der Waals surface area contributed by atoms with Crippen molar-refractivity contribution in [2.45, 2.75) is 111 Å². The molecular formula is C50H75N6P3. The topological polar surface area (TPSA) is 74.8 Å². The van der Waals surface area contributed by atoms with Gasteiger partial charge >= 0.3 is 0 Å². The minimum atomic E-state index is -0.314. The van der Waals surface area contributed by atoms with Crippen molar-refractivity contribution < 1.29 is 0 Å². The van der Waals surface area contributed by atoms with Gasteiger partial charge in [0.15, 0.2) is 0 Å². The van der Waals surface area contributed by atoms with Gasteiger partial charge in [-0.05, 0) is 108 Å². The highest BCUT2D eigenvalue weighted by atomic mass is 31.1. The summed E-state index contributed by atoms with van der Waals surface area (Å²) in [4.78, 5) is 13.0. The molecule has 0 aliphatic carbocycles. The molecule has 0 saturated carbocycles. The average molecular weight is 853 g/mol. The summed E-state index contributed by atoms with van der Waals surface area (Å²) in [5.41, 5.74) is 5.02. The van der Waals surface area contributed by atoms with Crippen LogP contribution in [0.3, 0.4) is 0 Å². The maximum Gasteiger partial charge on any atom is 0.0541 e. The van der Waals surface area contributed by atoms with Gasteiger partial charge in [-0.2, -0.15) is 0 Å². The van der Waals surface area contributed by atoms with E-state index in [0.717, 1.165) is 73.8 Å². The fourth-order valence-corrected chi connectivity index (χ4v) is 15.8. The van der Waals surface area contributed by atoms with Crippen molar-refractivity contribution >= 4 is 34.4 Å². The minimum Gasteiger partial charge on any atom is -0.311 e. The monoisotopic (exact) mass is 853 g/mol. The van der Waals surface area contributed by atoms with E-state index >= 15 is 0 Å². The van der Waals surface area contributed by atoms with E-state index in [0.29, 0.717) is 10.3 Å². The zero-order valence-electron chi connectivity index (χ0n) is 37.9. The van der Waals surface area contributed by atoms with Crippen molar-refractivity contribution in [2.24, 2.45) is 0 Å². The second kappa shape index (κ2) is 27.8. The second-order valence-corrected chi connectivity index (χ2v) is 27.1. The molecule has 6 nitrogen and oxygen atoms in total. The van der Waals surface area contributed by atoms with E-state index in [1.165, 1.54) is 22.9 Å². The summed E-state index contributed by atoms with van der Waals surface area (Å²) in [5, 5.41) is 14.3. The van der Waals surface area contributed by atoms with Crippen LogP contribution in [0.4, 0.5) is 0 Å². The van der Waals surface area contributed by atoms with Crippen molar-refractivity contribution in [1.29, 1.82) is 0 Å². The molecule has 0 fully saturated rings. The van der Waals surface area contributed by atoms with E-state index in [1.54, 1.807) is 0 Å². The van der Waals surface area contributed by atoms with Crippen LogP contribution < -0.4 is 26.6 Å². The first kappa shape index (κ1) is 50.4. The van der Waals surface area contributed by atoms with Crippen molar-refractivity contribution in [3.8, 4) is 0 Å². The maximum absolute atomic E-state index is 4.35. The summed E-state index contributed by atoms with van der Waals surface area (Å²) in [5.74, 6) is 0. The molecular weight excluding hydrogens is 778 g/mol. The second-order valence-electron chi connectivity index (χ2n) is 17.2. The van der Waals surface area contributed by atoms with E-state index in [-0.39, 0.29) is 23.8 Å². The number of pyridine rings is 3. The normalized spacial score (nSPS) is 11.8. The summed E-state index contributed by atoms with van der Waals surface area (Å²) in [6.07, 6.45) is 9.28. The number of aromatic nitrogens is 3. The Balaban J connectivity index is 0.000000240. The molecule has 0 atom stereocenters. The van der Waals surface area contributed by atoms with Crippen LogP contribution in [0.2, 0.25) is 0 Å². The molecule has 3 aromatic heterocycles. The Kier molecular flexibility index (Phi) is 23.8. The van der Waals surface area contributed by atoms with E-state index < -0.39 is 0 Å². The Morgan fingerprint density at radius 1 is 0.441 bits per heavy atom. The van der Waals surface area contributed by atoms with E-state index in [2.05, 4.69) is 179 Å². The van der Waals surface area contributed by atoms with Gasteiger partial charge in [-0.1, -0.05) is 156 Å². The van der Waals surface area contributed by atoms with Crippen molar-refractivity contribution in [2.75, 3.05) is 38.1 Å². The molecule has 59 heavy (non-hydrogen) atoms. The van der Waals surface area contributed by atoms with E-state index in [1.807, 2.05) is 55.0 Å². The van der Waals surface area contributed by atoms with Gasteiger partial charge in [0.2, 0.25) is 0 Å². The number of hydrogen-bond donors (Lipinski definition) is 3. The third kappa shape index (κ3) is 20.9. The molecule has 0 unspecified atom stereocenters. The molecule has 5 rings (SSSR count). The zero-order valence-corrected chi connectivity index (χ0v) is 40.6. The Labute approximate surface area is 363 Å². The lowest BCUT2D eigenvalue weighted by atomic mass is 10.2. The molecule has 9 heteroatoms. The summed E-state index contributed by atoms with van der Waals surface area (Å²) in [7, 11) is -0.163. The lowest BCUT2D eigenvalue weighted by Gasteiger charge is -2.41. The highest BCUT2D eigenvalue weighted by Gasteiger charge is 2.33. The molecule has 3 N–H and O–H groups in total. The first-order valence-corrected chi connectivity index (χ1v) is 26.2. The predicted octanol–water partition coefficient (Wildman–Crippen LogP) is 11.0. The molecule has 5 aromatic rings. The molecule has 0 radical (unpaired) electrons. The van der Waals surface area contributed by atoms with Crippen LogP contribution in [0.25, 0.3) is 0 Å². The van der Waals surface area contributed by atoms with Gasteiger partial charge in [0, 0.05) is 44.8 Å². The predicted molar refractivity (Wildman–Crippen MR) is 265 cm³/mol. The van der Waals surface area contributed by atoms with Gasteiger partial charge in [-0.15, -0.1) is 7.92 Å². The minimum absolute atomic E-state index is 0.00617. The van der Waals surface area contributed by atoms with Crippen LogP contribution in [0.15, 0.2) is 134 Å². The average Bonchev–Trinajstić information content (AvgIpc) is 3.22. The quantitative estimate of drug-likeness (QED) is 0.0568. The maximum atomic E-state index is 4.35. The highest BCUT2D eigenvalue weighted by molar-refractivity contribution is 7.73. The van der Waals surface area contributed by atoms with E-state index in [4.69, 9.17) is 0 Å². The van der Waals surface area contributed by atoms with Crippen molar-refractivity contribution in [3.63, 3.8) is 0 Å². The van der Waals surface area contributed by atoms with Gasteiger partial charge < -0.3 is 16.0 Å².